The third kappa shape index (κ3) is 6.69. The zero-order valence-corrected chi connectivity index (χ0v) is 19.7. The van der Waals surface area contributed by atoms with Gasteiger partial charge in [-0.2, -0.15) is 0 Å². The van der Waals surface area contributed by atoms with E-state index in [0.29, 0.717) is 36.5 Å². The van der Waals surface area contributed by atoms with Crippen LogP contribution in [0.3, 0.4) is 0 Å². The van der Waals surface area contributed by atoms with E-state index >= 15 is 0 Å². The number of amidine groups is 1. The number of anilines is 1. The summed E-state index contributed by atoms with van der Waals surface area (Å²) >= 11 is 0. The molecule has 3 rings (SSSR count). The number of fused-ring (bicyclic) bond motifs is 1. The number of amides is 1. The number of nitrogens with zero attached hydrogens (tertiary/aromatic N) is 1. The molecule has 7 heteroatoms. The first kappa shape index (κ1) is 25.0. The summed E-state index contributed by atoms with van der Waals surface area (Å²) in [6, 6.07) is 12.8. The Balaban J connectivity index is 1.60. The Bertz CT molecular complexity index is 1070. The van der Waals surface area contributed by atoms with Crippen LogP contribution in [-0.4, -0.2) is 56.5 Å². The van der Waals surface area contributed by atoms with Crippen molar-refractivity contribution in [2.24, 2.45) is 5.92 Å². The monoisotopic (exact) mass is 461 g/mol. The molecular formula is C27H31N3O4. The van der Waals surface area contributed by atoms with Gasteiger partial charge in [0.15, 0.2) is 0 Å². The van der Waals surface area contributed by atoms with Gasteiger partial charge in [-0.25, -0.2) is 0 Å². The summed E-state index contributed by atoms with van der Waals surface area (Å²) in [7, 11) is 3.33. The van der Waals surface area contributed by atoms with Gasteiger partial charge in [-0.3, -0.25) is 15.0 Å². The molecule has 1 unspecified atom stereocenters. The van der Waals surface area contributed by atoms with Gasteiger partial charge in [0.05, 0.1) is 13.2 Å². The van der Waals surface area contributed by atoms with Crippen LogP contribution in [0.25, 0.3) is 0 Å². The van der Waals surface area contributed by atoms with E-state index in [1.54, 1.807) is 43.3 Å². The fourth-order valence-corrected chi connectivity index (χ4v) is 4.04. The van der Waals surface area contributed by atoms with Crippen molar-refractivity contribution in [1.82, 2.24) is 4.90 Å². The predicted molar refractivity (Wildman–Crippen MR) is 132 cm³/mol. The normalized spacial score (nSPS) is 14.4. The lowest BCUT2D eigenvalue weighted by Gasteiger charge is -2.24. The quantitative estimate of drug-likeness (QED) is 0.196. The van der Waals surface area contributed by atoms with Gasteiger partial charge in [0.1, 0.15) is 12.4 Å². The van der Waals surface area contributed by atoms with Gasteiger partial charge in [0.2, 0.25) is 0 Å². The molecule has 0 spiro atoms. The number of aryl methyl sites for hydroxylation is 1. The van der Waals surface area contributed by atoms with Crippen molar-refractivity contribution in [1.29, 1.82) is 5.41 Å². The lowest BCUT2D eigenvalue weighted by Crippen LogP contribution is -2.27. The van der Waals surface area contributed by atoms with E-state index in [4.69, 9.17) is 21.3 Å². The molecule has 0 fully saturated rings. The maximum Gasteiger partial charge on any atom is 0.306 e. The Morgan fingerprint density at radius 1 is 1.15 bits per heavy atom. The van der Waals surface area contributed by atoms with Crippen LogP contribution in [0.1, 0.15) is 39.9 Å². The SMILES string of the molecule is C#CCN(C)C(=N)c1ccc(C(=O)Nc2ccc3c(c2)CC(CC(=O)OCCOC)CC3)cc1. The van der Waals surface area contributed by atoms with E-state index in [1.807, 2.05) is 18.2 Å². The lowest BCUT2D eigenvalue weighted by atomic mass is 9.82. The topological polar surface area (TPSA) is 91.7 Å². The predicted octanol–water partition coefficient (Wildman–Crippen LogP) is 3.51. The highest BCUT2D eigenvalue weighted by atomic mass is 16.6. The minimum absolute atomic E-state index is 0.197. The number of carbonyl (C=O) groups is 2. The number of esters is 1. The maximum absolute atomic E-state index is 12.8. The second-order valence-corrected chi connectivity index (χ2v) is 8.45. The molecule has 7 nitrogen and oxygen atoms in total. The summed E-state index contributed by atoms with van der Waals surface area (Å²) in [6.07, 6.45) is 8.32. The van der Waals surface area contributed by atoms with Gasteiger partial charge in [-0.15, -0.1) is 6.42 Å². The molecule has 1 aliphatic carbocycles. The van der Waals surface area contributed by atoms with Crippen molar-refractivity contribution >= 4 is 23.4 Å². The fraction of sp³-hybridized carbons (Fsp3) is 0.370. The van der Waals surface area contributed by atoms with Crippen LogP contribution in [0.2, 0.25) is 0 Å². The van der Waals surface area contributed by atoms with Gasteiger partial charge >= 0.3 is 5.97 Å². The summed E-state index contributed by atoms with van der Waals surface area (Å²) < 4.78 is 10.1. The highest BCUT2D eigenvalue weighted by molar-refractivity contribution is 6.05. The first-order valence-corrected chi connectivity index (χ1v) is 11.3. The highest BCUT2D eigenvalue weighted by Crippen LogP contribution is 2.30. The van der Waals surface area contributed by atoms with Gasteiger partial charge < -0.3 is 19.7 Å². The van der Waals surface area contributed by atoms with Crippen LogP contribution in [0.5, 0.6) is 0 Å². The minimum Gasteiger partial charge on any atom is -0.463 e. The molecule has 1 amide bonds. The highest BCUT2D eigenvalue weighted by Gasteiger charge is 2.22. The first-order valence-electron chi connectivity index (χ1n) is 11.3. The second kappa shape index (κ2) is 12.0. The summed E-state index contributed by atoms with van der Waals surface area (Å²) in [6.45, 7) is 1.02. The molecular weight excluding hydrogens is 430 g/mol. The minimum atomic E-state index is -0.218. The third-order valence-electron chi connectivity index (χ3n) is 5.93. The molecule has 0 radical (unpaired) electrons. The maximum atomic E-state index is 12.8. The van der Waals surface area contributed by atoms with Crippen molar-refractivity contribution in [3.05, 3.63) is 64.7 Å². The van der Waals surface area contributed by atoms with Crippen molar-refractivity contribution in [3.63, 3.8) is 0 Å². The number of methoxy groups -OCH3 is 1. The molecule has 0 aliphatic heterocycles. The molecule has 0 bridgehead atoms. The molecule has 2 aromatic carbocycles. The number of ether oxygens (including phenoxy) is 2. The molecule has 34 heavy (non-hydrogen) atoms. The number of hydrogen-bond donors (Lipinski definition) is 2. The Kier molecular flexibility index (Phi) is 8.83. The van der Waals surface area contributed by atoms with Gasteiger partial charge in [-0.05, 0) is 60.6 Å². The number of hydrogen-bond acceptors (Lipinski definition) is 5. The van der Waals surface area contributed by atoms with Crippen molar-refractivity contribution in [2.75, 3.05) is 39.2 Å². The van der Waals surface area contributed by atoms with Crippen LogP contribution in [-0.2, 0) is 27.1 Å². The van der Waals surface area contributed by atoms with Crippen LogP contribution in [0, 0.1) is 23.7 Å². The molecule has 2 N–H and O–H groups in total. The van der Waals surface area contributed by atoms with Crippen molar-refractivity contribution < 1.29 is 19.1 Å². The van der Waals surface area contributed by atoms with Gasteiger partial charge in [-0.1, -0.05) is 24.1 Å². The summed E-state index contributed by atoms with van der Waals surface area (Å²) in [5.41, 5.74) is 4.32. The Morgan fingerprint density at radius 2 is 1.88 bits per heavy atom. The number of rotatable bonds is 9. The van der Waals surface area contributed by atoms with E-state index < -0.39 is 0 Å². The summed E-state index contributed by atoms with van der Waals surface area (Å²) in [4.78, 5) is 26.5. The van der Waals surface area contributed by atoms with Crippen LogP contribution >= 0.6 is 0 Å². The van der Waals surface area contributed by atoms with Gasteiger partial charge in [0, 0.05) is 37.4 Å². The molecule has 2 aromatic rings. The molecule has 0 saturated carbocycles. The first-order chi connectivity index (χ1) is 16.4. The number of benzene rings is 2. The van der Waals surface area contributed by atoms with E-state index in [1.165, 1.54) is 5.56 Å². The molecule has 0 saturated heterocycles. The number of nitrogens with one attached hydrogen (secondary N) is 2. The fourth-order valence-electron chi connectivity index (χ4n) is 4.04. The largest absolute Gasteiger partial charge is 0.463 e. The Morgan fingerprint density at radius 3 is 2.59 bits per heavy atom. The zero-order chi connectivity index (χ0) is 24.5. The third-order valence-corrected chi connectivity index (χ3v) is 5.93. The van der Waals surface area contributed by atoms with E-state index in [0.717, 1.165) is 30.5 Å². The average Bonchev–Trinajstić information content (AvgIpc) is 2.83. The van der Waals surface area contributed by atoms with Crippen LogP contribution < -0.4 is 5.32 Å². The van der Waals surface area contributed by atoms with E-state index in [2.05, 4.69) is 11.2 Å². The molecule has 0 aromatic heterocycles. The molecule has 178 valence electrons. The van der Waals surface area contributed by atoms with Gasteiger partial charge in [0.25, 0.3) is 5.91 Å². The van der Waals surface area contributed by atoms with E-state index in [9.17, 15) is 9.59 Å². The molecule has 0 heterocycles. The Labute approximate surface area is 201 Å². The van der Waals surface area contributed by atoms with Crippen LogP contribution in [0.15, 0.2) is 42.5 Å². The number of carbonyl (C=O) groups excluding carboxylic acids is 2. The number of terminal acetylenes is 1. The van der Waals surface area contributed by atoms with E-state index in [-0.39, 0.29) is 24.4 Å². The van der Waals surface area contributed by atoms with Crippen molar-refractivity contribution in [2.45, 2.75) is 25.7 Å². The molecule has 1 aliphatic rings. The second-order valence-electron chi connectivity index (χ2n) is 8.45. The summed E-state index contributed by atoms with van der Waals surface area (Å²) in [5, 5.41) is 11.1. The molecule has 1 atom stereocenters. The average molecular weight is 462 g/mol. The lowest BCUT2D eigenvalue weighted by molar-refractivity contribution is -0.146. The summed E-state index contributed by atoms with van der Waals surface area (Å²) in [5.74, 6) is 2.62. The van der Waals surface area contributed by atoms with Crippen LogP contribution in [0.4, 0.5) is 5.69 Å². The smallest absolute Gasteiger partial charge is 0.306 e. The zero-order valence-electron chi connectivity index (χ0n) is 19.7. The Hall–Kier alpha value is -3.63. The van der Waals surface area contributed by atoms with Crippen molar-refractivity contribution in [3.8, 4) is 12.3 Å². The standard InChI is InChI=1S/C27H31N3O4/c1-4-13-30(2)26(28)21-7-9-22(10-8-21)27(32)29-24-12-11-20-6-5-19(16-23(20)18-24)17-25(31)34-15-14-33-3/h1,7-12,18-19,28H,5-6,13-17H2,2-3H3,(H,29,32).